The number of hydrogen-bond acceptors (Lipinski definition) is 6. The van der Waals surface area contributed by atoms with Gasteiger partial charge in [0.1, 0.15) is 5.69 Å². The molecule has 0 unspecified atom stereocenters. The summed E-state index contributed by atoms with van der Waals surface area (Å²) < 4.78 is 39.3. The number of hydrazine groups is 1. The number of carbonyl (C=O) groups excluding carboxylic acids is 1. The lowest BCUT2D eigenvalue weighted by atomic mass is 10.1. The van der Waals surface area contributed by atoms with Gasteiger partial charge in [-0.1, -0.05) is 12.1 Å². The number of amides is 1. The second kappa shape index (κ2) is 9.08. The second-order valence-electron chi connectivity index (χ2n) is 6.44. The summed E-state index contributed by atoms with van der Waals surface area (Å²) in [6, 6.07) is 9.85. The van der Waals surface area contributed by atoms with Crippen LogP contribution >= 0.6 is 11.3 Å². The van der Waals surface area contributed by atoms with Crippen LogP contribution in [-0.2, 0) is 17.4 Å². The molecule has 158 valence electrons. The monoisotopic (exact) mass is 438 g/mol. The highest BCUT2D eigenvalue weighted by Crippen LogP contribution is 2.34. The van der Waals surface area contributed by atoms with E-state index < -0.39 is 28.3 Å². The maximum atomic E-state index is 12.7. The molecule has 11 heteroatoms. The molecular formula is C19H17F3N4O3S. The fraction of sp³-hybridized carbons (Fsp3) is 0.263. The molecule has 3 rings (SSSR count). The number of para-hydroxylation sites is 1. The summed E-state index contributed by atoms with van der Waals surface area (Å²) in [5.41, 5.74) is 3.42. The zero-order chi connectivity index (χ0) is 21.7. The van der Waals surface area contributed by atoms with E-state index in [9.17, 15) is 28.1 Å². The molecule has 2 N–H and O–H groups in total. The van der Waals surface area contributed by atoms with Gasteiger partial charge in [-0.3, -0.25) is 25.8 Å². The fourth-order valence-corrected chi connectivity index (χ4v) is 3.76. The van der Waals surface area contributed by atoms with Crippen LogP contribution in [0.3, 0.4) is 0 Å². The third-order valence-corrected chi connectivity index (χ3v) is 5.34. The maximum absolute atomic E-state index is 12.7. The number of aryl methyl sites for hydroxylation is 1. The number of carbonyl (C=O) groups is 1. The van der Waals surface area contributed by atoms with Gasteiger partial charge in [0.2, 0.25) is 5.91 Å². The molecule has 30 heavy (non-hydrogen) atoms. The van der Waals surface area contributed by atoms with Crippen molar-refractivity contribution in [2.24, 2.45) is 0 Å². The molecule has 1 heterocycles. The van der Waals surface area contributed by atoms with E-state index in [0.29, 0.717) is 18.6 Å². The molecule has 1 amide bonds. The molecule has 0 saturated carbocycles. The number of hydrogen-bond donors (Lipinski definition) is 2. The Balaban J connectivity index is 1.47. The van der Waals surface area contributed by atoms with Crippen molar-refractivity contribution in [2.75, 3.05) is 5.43 Å². The van der Waals surface area contributed by atoms with Crippen molar-refractivity contribution in [3.8, 4) is 0 Å². The Labute approximate surface area is 173 Å². The van der Waals surface area contributed by atoms with Crippen LogP contribution in [0.2, 0.25) is 0 Å². The zero-order valence-corrected chi connectivity index (χ0v) is 16.3. The molecule has 0 bridgehead atoms. The summed E-state index contributed by atoms with van der Waals surface area (Å²) in [6.07, 6.45) is -2.52. The van der Waals surface area contributed by atoms with Gasteiger partial charge in [0.25, 0.3) is 5.69 Å². The van der Waals surface area contributed by atoms with Gasteiger partial charge in [-0.15, -0.1) is 11.3 Å². The average Bonchev–Trinajstić information content (AvgIpc) is 3.11. The Kier molecular flexibility index (Phi) is 6.50. The number of alkyl halides is 3. The highest BCUT2D eigenvalue weighted by atomic mass is 32.1. The zero-order valence-electron chi connectivity index (χ0n) is 15.5. The van der Waals surface area contributed by atoms with Crippen LogP contribution in [0.4, 0.5) is 24.5 Å². The van der Waals surface area contributed by atoms with Crippen molar-refractivity contribution in [3.63, 3.8) is 0 Å². The number of nitrogens with zero attached hydrogens (tertiary/aromatic N) is 2. The van der Waals surface area contributed by atoms with Crippen molar-refractivity contribution in [2.45, 2.75) is 31.9 Å². The minimum absolute atomic E-state index is 0.159. The number of rotatable bonds is 8. The number of nitrogens with one attached hydrogen (secondary N) is 2. The van der Waals surface area contributed by atoms with Crippen LogP contribution in [0.25, 0.3) is 10.2 Å². The van der Waals surface area contributed by atoms with Gasteiger partial charge in [-0.25, -0.2) is 4.98 Å². The standard InChI is InChI=1S/C19H17F3N4O3S/c20-19(21,22)12-9-10-13(15(11-12)26(28)29)24-25-17(27)7-3-4-8-18-23-14-5-1-2-6-16(14)30-18/h1-2,5-6,9-11,24H,3-4,7-8H2,(H,25,27). The number of aromatic nitrogens is 1. The molecule has 0 atom stereocenters. The van der Waals surface area contributed by atoms with Gasteiger partial charge in [0, 0.05) is 12.5 Å². The molecular weight excluding hydrogens is 421 g/mol. The first-order chi connectivity index (χ1) is 14.2. The number of nitro benzene ring substituents is 1. The van der Waals surface area contributed by atoms with E-state index >= 15 is 0 Å². The average molecular weight is 438 g/mol. The van der Waals surface area contributed by atoms with Crippen LogP contribution in [0.15, 0.2) is 42.5 Å². The maximum Gasteiger partial charge on any atom is 0.416 e. The summed E-state index contributed by atoms with van der Waals surface area (Å²) in [7, 11) is 0. The van der Waals surface area contributed by atoms with Crippen LogP contribution in [0, 0.1) is 10.1 Å². The van der Waals surface area contributed by atoms with Crippen molar-refractivity contribution >= 4 is 38.8 Å². The van der Waals surface area contributed by atoms with E-state index in [1.54, 1.807) is 11.3 Å². The third-order valence-electron chi connectivity index (χ3n) is 4.24. The lowest BCUT2D eigenvalue weighted by molar-refractivity contribution is -0.384. The Morgan fingerprint density at radius 3 is 2.63 bits per heavy atom. The van der Waals surface area contributed by atoms with Crippen molar-refractivity contribution in [1.29, 1.82) is 0 Å². The van der Waals surface area contributed by atoms with E-state index in [2.05, 4.69) is 15.8 Å². The molecule has 0 aliphatic carbocycles. The summed E-state index contributed by atoms with van der Waals surface area (Å²) in [4.78, 5) is 26.6. The smallest absolute Gasteiger partial charge is 0.292 e. The van der Waals surface area contributed by atoms with E-state index in [1.807, 2.05) is 24.3 Å². The van der Waals surface area contributed by atoms with Crippen LogP contribution in [0.5, 0.6) is 0 Å². The normalized spacial score (nSPS) is 11.4. The summed E-state index contributed by atoms with van der Waals surface area (Å²) in [6.45, 7) is 0. The summed E-state index contributed by atoms with van der Waals surface area (Å²) >= 11 is 1.60. The number of anilines is 1. The Morgan fingerprint density at radius 1 is 1.17 bits per heavy atom. The van der Waals surface area contributed by atoms with E-state index in [0.717, 1.165) is 34.1 Å². The number of benzene rings is 2. The summed E-state index contributed by atoms with van der Waals surface area (Å²) in [5, 5.41) is 12.0. The third kappa shape index (κ3) is 5.44. The number of unbranched alkanes of at least 4 members (excludes halogenated alkanes) is 1. The van der Waals surface area contributed by atoms with E-state index in [4.69, 9.17) is 0 Å². The first-order valence-corrected chi connectivity index (χ1v) is 9.80. The van der Waals surface area contributed by atoms with Crippen molar-refractivity contribution in [1.82, 2.24) is 10.4 Å². The first-order valence-electron chi connectivity index (χ1n) is 8.99. The second-order valence-corrected chi connectivity index (χ2v) is 7.56. The van der Waals surface area contributed by atoms with E-state index in [1.165, 1.54) is 0 Å². The molecule has 0 aliphatic rings. The lowest BCUT2D eigenvalue weighted by Crippen LogP contribution is -2.29. The van der Waals surface area contributed by atoms with Gasteiger partial charge < -0.3 is 0 Å². The Bertz CT molecular complexity index is 1040. The van der Waals surface area contributed by atoms with Gasteiger partial charge in [-0.05, 0) is 43.5 Å². The number of halogens is 3. The SMILES string of the molecule is O=C(CCCCc1nc2ccccc2s1)NNc1ccc(C(F)(F)F)cc1[N+](=O)[O-]. The van der Waals surface area contributed by atoms with Crippen LogP contribution in [-0.4, -0.2) is 15.8 Å². The van der Waals surface area contributed by atoms with Crippen molar-refractivity contribution < 1.29 is 22.9 Å². The number of fused-ring (bicyclic) bond motifs is 1. The molecule has 1 aromatic heterocycles. The molecule has 7 nitrogen and oxygen atoms in total. The van der Waals surface area contributed by atoms with Gasteiger partial charge >= 0.3 is 6.18 Å². The van der Waals surface area contributed by atoms with Crippen LogP contribution in [0.1, 0.15) is 29.8 Å². The van der Waals surface area contributed by atoms with Crippen molar-refractivity contribution in [3.05, 3.63) is 63.1 Å². The summed E-state index contributed by atoms with van der Waals surface area (Å²) in [5.74, 6) is -0.423. The molecule has 3 aromatic rings. The molecule has 2 aromatic carbocycles. The Hall–Kier alpha value is -3.21. The largest absolute Gasteiger partial charge is 0.416 e. The first kappa shape index (κ1) is 21.5. The van der Waals surface area contributed by atoms with E-state index in [-0.39, 0.29) is 12.1 Å². The Morgan fingerprint density at radius 2 is 1.93 bits per heavy atom. The van der Waals surface area contributed by atoms with Crippen LogP contribution < -0.4 is 10.9 Å². The predicted octanol–water partition coefficient (Wildman–Crippen LogP) is 5.08. The highest BCUT2D eigenvalue weighted by Gasteiger charge is 2.33. The molecule has 0 spiro atoms. The quantitative estimate of drug-likeness (QED) is 0.290. The molecule has 0 radical (unpaired) electrons. The number of nitro groups is 1. The lowest BCUT2D eigenvalue weighted by Gasteiger charge is -2.11. The predicted molar refractivity (Wildman–Crippen MR) is 107 cm³/mol. The minimum Gasteiger partial charge on any atom is -0.292 e. The minimum atomic E-state index is -4.70. The van der Waals surface area contributed by atoms with Gasteiger partial charge in [0.15, 0.2) is 0 Å². The molecule has 0 saturated heterocycles. The number of thiazole rings is 1. The highest BCUT2D eigenvalue weighted by molar-refractivity contribution is 7.18. The topological polar surface area (TPSA) is 97.2 Å². The molecule has 0 aliphatic heterocycles. The van der Waals surface area contributed by atoms with Gasteiger partial charge in [-0.2, -0.15) is 13.2 Å². The fourth-order valence-electron chi connectivity index (χ4n) is 2.75. The van der Waals surface area contributed by atoms with Gasteiger partial charge in [0.05, 0.1) is 25.7 Å². The molecule has 0 fully saturated rings.